The van der Waals surface area contributed by atoms with E-state index in [-0.39, 0.29) is 11.7 Å². The van der Waals surface area contributed by atoms with E-state index < -0.39 is 10.0 Å². The lowest BCUT2D eigenvalue weighted by molar-refractivity contribution is 0.102. The van der Waals surface area contributed by atoms with Gasteiger partial charge in [0.2, 0.25) is 10.0 Å². The first-order valence-electron chi connectivity index (χ1n) is 8.13. The van der Waals surface area contributed by atoms with Gasteiger partial charge in [-0.05, 0) is 58.7 Å². The van der Waals surface area contributed by atoms with Crippen LogP contribution in [-0.2, 0) is 10.0 Å². The molecule has 0 bridgehead atoms. The van der Waals surface area contributed by atoms with Crippen molar-refractivity contribution in [2.45, 2.75) is 13.3 Å². The summed E-state index contributed by atoms with van der Waals surface area (Å²) in [5.74, 6) is 0.650. The lowest BCUT2D eigenvalue weighted by Crippen LogP contribution is -2.16. The minimum absolute atomic E-state index is 0.0543. The maximum Gasteiger partial charge on any atom is 0.255 e. The van der Waals surface area contributed by atoms with E-state index in [1.165, 1.54) is 14.2 Å². The molecule has 2 N–H and O–H groups in total. The Hall–Kier alpha value is -2.26. The summed E-state index contributed by atoms with van der Waals surface area (Å²) in [7, 11) is -0.354. The first-order chi connectivity index (χ1) is 12.8. The summed E-state index contributed by atoms with van der Waals surface area (Å²) in [5.41, 5.74) is 1.33. The van der Waals surface area contributed by atoms with E-state index >= 15 is 0 Å². The molecule has 0 spiro atoms. The predicted octanol–water partition coefficient (Wildman–Crippen LogP) is 3.87. The van der Waals surface area contributed by atoms with Gasteiger partial charge >= 0.3 is 0 Å². The number of carbonyl (C=O) groups is 1. The molecule has 2 aromatic rings. The molecule has 2 rings (SSSR count). The van der Waals surface area contributed by atoms with Crippen molar-refractivity contribution < 1.29 is 22.7 Å². The number of ether oxygens (including phenoxy) is 2. The third-order valence-corrected chi connectivity index (χ3v) is 5.87. The van der Waals surface area contributed by atoms with Crippen LogP contribution in [0.1, 0.15) is 23.7 Å². The quantitative estimate of drug-likeness (QED) is 0.628. The summed E-state index contributed by atoms with van der Waals surface area (Å²) in [6.07, 6.45) is 0.531. The fourth-order valence-corrected chi connectivity index (χ4v) is 4.01. The Morgan fingerprint density at radius 2 is 1.56 bits per heavy atom. The van der Waals surface area contributed by atoms with Crippen LogP contribution < -0.4 is 19.5 Å². The van der Waals surface area contributed by atoms with Gasteiger partial charge in [0.25, 0.3) is 5.91 Å². The first kappa shape index (κ1) is 21.0. The highest BCUT2D eigenvalue weighted by molar-refractivity contribution is 9.10. The molecule has 0 aromatic heterocycles. The van der Waals surface area contributed by atoms with Gasteiger partial charge in [-0.2, -0.15) is 0 Å². The molecule has 2 aromatic carbocycles. The Kier molecular flexibility index (Phi) is 7.09. The molecule has 7 nitrogen and oxygen atoms in total. The van der Waals surface area contributed by atoms with Gasteiger partial charge in [0.05, 0.1) is 20.0 Å². The van der Waals surface area contributed by atoms with E-state index in [0.717, 1.165) is 0 Å². The zero-order valence-corrected chi connectivity index (χ0v) is 17.6. The van der Waals surface area contributed by atoms with Crippen LogP contribution in [0.15, 0.2) is 40.9 Å². The van der Waals surface area contributed by atoms with Crippen LogP contribution in [-0.4, -0.2) is 34.3 Å². The van der Waals surface area contributed by atoms with Gasteiger partial charge < -0.3 is 14.8 Å². The molecule has 0 radical (unpaired) electrons. The second kappa shape index (κ2) is 9.09. The van der Waals surface area contributed by atoms with Gasteiger partial charge in [0.15, 0.2) is 0 Å². The average Bonchev–Trinajstić information content (AvgIpc) is 2.63. The summed E-state index contributed by atoms with van der Waals surface area (Å²) in [5, 5.41) is 2.75. The van der Waals surface area contributed by atoms with Crippen molar-refractivity contribution in [2.24, 2.45) is 0 Å². The molecule has 0 atom stereocenters. The zero-order valence-electron chi connectivity index (χ0n) is 15.2. The topological polar surface area (TPSA) is 93.7 Å². The summed E-state index contributed by atoms with van der Waals surface area (Å²) >= 11 is 3.36. The van der Waals surface area contributed by atoms with E-state index in [4.69, 9.17) is 9.47 Å². The van der Waals surface area contributed by atoms with Crippen LogP contribution in [0.25, 0.3) is 0 Å². The van der Waals surface area contributed by atoms with Gasteiger partial charge in [-0.3, -0.25) is 9.52 Å². The summed E-state index contributed by atoms with van der Waals surface area (Å²) in [4.78, 5) is 12.5. The van der Waals surface area contributed by atoms with Crippen molar-refractivity contribution in [3.8, 4) is 11.5 Å². The molecular weight excluding hydrogens is 436 g/mol. The van der Waals surface area contributed by atoms with Gasteiger partial charge in [-0.1, -0.05) is 6.92 Å². The molecular formula is C18H21BrN2O5S. The predicted molar refractivity (Wildman–Crippen MR) is 109 cm³/mol. The molecule has 0 aliphatic carbocycles. The lowest BCUT2D eigenvalue weighted by Gasteiger charge is -2.12. The Labute approximate surface area is 167 Å². The summed E-state index contributed by atoms with van der Waals surface area (Å²) in [6, 6.07) is 9.60. The largest absolute Gasteiger partial charge is 0.495 e. The van der Waals surface area contributed by atoms with E-state index in [0.29, 0.717) is 39.3 Å². The average molecular weight is 457 g/mol. The van der Waals surface area contributed by atoms with Crippen LogP contribution in [0.5, 0.6) is 11.5 Å². The Morgan fingerprint density at radius 1 is 1.04 bits per heavy atom. The third-order valence-electron chi connectivity index (χ3n) is 3.60. The Morgan fingerprint density at radius 3 is 2.04 bits per heavy atom. The number of sulfonamides is 1. The highest BCUT2D eigenvalue weighted by Gasteiger charge is 2.15. The molecule has 0 heterocycles. The van der Waals surface area contributed by atoms with Crippen LogP contribution in [0.3, 0.4) is 0 Å². The number of halogens is 1. The second-order valence-corrected chi connectivity index (χ2v) is 8.28. The van der Waals surface area contributed by atoms with Crippen molar-refractivity contribution in [1.29, 1.82) is 0 Å². The molecule has 9 heteroatoms. The minimum Gasteiger partial charge on any atom is -0.495 e. The Balaban J connectivity index is 2.14. The second-order valence-electron chi connectivity index (χ2n) is 5.65. The molecule has 0 unspecified atom stereocenters. The number of nitrogens with one attached hydrogen (secondary N) is 2. The van der Waals surface area contributed by atoms with E-state index in [2.05, 4.69) is 26.0 Å². The highest BCUT2D eigenvalue weighted by atomic mass is 79.9. The van der Waals surface area contributed by atoms with Crippen LogP contribution in [0, 0.1) is 0 Å². The number of hydrogen-bond acceptors (Lipinski definition) is 5. The van der Waals surface area contributed by atoms with Crippen molar-refractivity contribution in [2.75, 3.05) is 30.0 Å². The zero-order chi connectivity index (χ0) is 20.0. The molecule has 146 valence electrons. The molecule has 0 aliphatic rings. The standard InChI is InChI=1S/C18H21BrN2O5S/c1-4-9-27(23,24)21-14-7-5-13(6-8-14)20-18(22)12-10-15(25-2)17(19)16(11-12)26-3/h5-8,10-11,21H,4,9H2,1-3H3,(H,20,22). The fourth-order valence-electron chi connectivity index (χ4n) is 2.32. The molecule has 1 amide bonds. The van der Waals surface area contributed by atoms with Crippen molar-refractivity contribution in [3.05, 3.63) is 46.4 Å². The third kappa shape index (κ3) is 5.61. The first-order valence-corrected chi connectivity index (χ1v) is 10.6. The highest BCUT2D eigenvalue weighted by Crippen LogP contribution is 2.35. The van der Waals surface area contributed by atoms with E-state index in [1.807, 2.05) is 0 Å². The van der Waals surface area contributed by atoms with Gasteiger partial charge in [-0.25, -0.2) is 8.42 Å². The molecule has 27 heavy (non-hydrogen) atoms. The van der Waals surface area contributed by atoms with E-state index in [9.17, 15) is 13.2 Å². The number of benzene rings is 2. The lowest BCUT2D eigenvalue weighted by atomic mass is 10.1. The fraction of sp³-hybridized carbons (Fsp3) is 0.278. The summed E-state index contributed by atoms with van der Waals surface area (Å²) < 4.78 is 37.2. The van der Waals surface area contributed by atoms with E-state index in [1.54, 1.807) is 43.3 Å². The number of hydrogen-bond donors (Lipinski definition) is 2. The van der Waals surface area contributed by atoms with Gasteiger partial charge in [0, 0.05) is 16.9 Å². The van der Waals surface area contributed by atoms with Crippen molar-refractivity contribution >= 4 is 43.2 Å². The smallest absolute Gasteiger partial charge is 0.255 e. The number of carbonyl (C=O) groups excluding carboxylic acids is 1. The van der Waals surface area contributed by atoms with Gasteiger partial charge in [-0.15, -0.1) is 0 Å². The number of methoxy groups -OCH3 is 2. The number of rotatable bonds is 8. The minimum atomic E-state index is -3.35. The van der Waals surface area contributed by atoms with Gasteiger partial charge in [0.1, 0.15) is 16.0 Å². The van der Waals surface area contributed by atoms with Crippen molar-refractivity contribution in [1.82, 2.24) is 0 Å². The maximum atomic E-state index is 12.5. The normalized spacial score (nSPS) is 11.0. The SMILES string of the molecule is CCCS(=O)(=O)Nc1ccc(NC(=O)c2cc(OC)c(Br)c(OC)c2)cc1. The summed E-state index contributed by atoms with van der Waals surface area (Å²) in [6.45, 7) is 1.80. The Bertz CT molecular complexity index is 889. The number of anilines is 2. The van der Waals surface area contributed by atoms with Crippen LogP contribution in [0.4, 0.5) is 11.4 Å². The van der Waals surface area contributed by atoms with Crippen LogP contribution >= 0.6 is 15.9 Å². The van der Waals surface area contributed by atoms with Crippen molar-refractivity contribution in [3.63, 3.8) is 0 Å². The number of amides is 1. The molecule has 0 saturated carbocycles. The monoisotopic (exact) mass is 456 g/mol. The molecule has 0 fully saturated rings. The van der Waals surface area contributed by atoms with Crippen LogP contribution in [0.2, 0.25) is 0 Å². The maximum absolute atomic E-state index is 12.5. The molecule has 0 aliphatic heterocycles. The molecule has 0 saturated heterocycles.